The summed E-state index contributed by atoms with van der Waals surface area (Å²) in [5.41, 5.74) is -0.705. The molecule has 0 bridgehead atoms. The number of likely N-dealkylation sites (N-methyl/N-ethyl adjacent to an activating group) is 1. The lowest BCUT2D eigenvalue weighted by Crippen LogP contribution is -2.52. The molecule has 5 heteroatoms. The topological polar surface area (TPSA) is 56.8 Å². The van der Waals surface area contributed by atoms with E-state index in [-0.39, 0.29) is 18.2 Å². The Morgan fingerprint density at radius 3 is 2.25 bits per heavy atom. The zero-order valence-electron chi connectivity index (χ0n) is 13.8. The molecule has 0 saturated carbocycles. The Morgan fingerprint density at radius 2 is 1.75 bits per heavy atom. The van der Waals surface area contributed by atoms with Gasteiger partial charge in [-0.15, -0.1) is 0 Å². The average Bonchev–Trinajstić information content (AvgIpc) is 2.35. The zero-order valence-corrected chi connectivity index (χ0v) is 13.8. The number of carbonyl (C=O) groups is 1. The highest BCUT2D eigenvalue weighted by Crippen LogP contribution is 2.17. The molecule has 0 aliphatic carbocycles. The third-order valence-electron chi connectivity index (χ3n) is 2.93. The number of esters is 1. The first-order chi connectivity index (χ1) is 9.35. The van der Waals surface area contributed by atoms with E-state index in [1.807, 2.05) is 41.5 Å². The lowest BCUT2D eigenvalue weighted by Gasteiger charge is -2.30. The highest BCUT2D eigenvalue weighted by Gasteiger charge is 2.35. The van der Waals surface area contributed by atoms with E-state index in [4.69, 9.17) is 14.2 Å². The molecule has 0 spiro atoms. The average molecular weight is 289 g/mol. The van der Waals surface area contributed by atoms with Gasteiger partial charge >= 0.3 is 5.97 Å². The molecule has 0 amide bonds. The van der Waals surface area contributed by atoms with Gasteiger partial charge in [0.2, 0.25) is 0 Å². The van der Waals surface area contributed by atoms with E-state index in [2.05, 4.69) is 5.32 Å². The standard InChI is InChI=1S/C15H31NO4/c1-7-16-15(6,14(17)18-8-2)11-13(5)20-10-9-19-12(3)4/h12-13,16H,7-11H2,1-6H3. The number of hydrogen-bond acceptors (Lipinski definition) is 5. The smallest absolute Gasteiger partial charge is 0.326 e. The van der Waals surface area contributed by atoms with Gasteiger partial charge in [0.05, 0.1) is 32.0 Å². The summed E-state index contributed by atoms with van der Waals surface area (Å²) in [6.45, 7) is 13.8. The SMILES string of the molecule is CCNC(C)(CC(C)OCCOC(C)C)C(=O)OCC. The van der Waals surface area contributed by atoms with Crippen molar-refractivity contribution in [2.24, 2.45) is 0 Å². The normalized spacial score (nSPS) is 15.9. The molecule has 0 aromatic heterocycles. The molecule has 0 heterocycles. The van der Waals surface area contributed by atoms with Crippen LogP contribution in [-0.2, 0) is 19.0 Å². The van der Waals surface area contributed by atoms with Gasteiger partial charge in [-0.3, -0.25) is 4.79 Å². The predicted molar refractivity (Wildman–Crippen MR) is 79.8 cm³/mol. The van der Waals surface area contributed by atoms with E-state index in [1.54, 1.807) is 0 Å². The third-order valence-corrected chi connectivity index (χ3v) is 2.93. The van der Waals surface area contributed by atoms with Crippen LogP contribution in [-0.4, -0.2) is 50.1 Å². The van der Waals surface area contributed by atoms with E-state index in [0.717, 1.165) is 0 Å². The summed E-state index contributed by atoms with van der Waals surface area (Å²) in [5, 5.41) is 3.20. The van der Waals surface area contributed by atoms with Gasteiger partial charge in [-0.2, -0.15) is 0 Å². The van der Waals surface area contributed by atoms with Crippen LogP contribution in [0.15, 0.2) is 0 Å². The summed E-state index contributed by atoms with van der Waals surface area (Å²) in [5.74, 6) is -0.226. The molecule has 0 aromatic rings. The molecule has 2 atom stereocenters. The minimum Gasteiger partial charge on any atom is -0.465 e. The Kier molecular flexibility index (Phi) is 9.80. The summed E-state index contributed by atoms with van der Waals surface area (Å²) in [6, 6.07) is 0. The van der Waals surface area contributed by atoms with Gasteiger partial charge in [0.25, 0.3) is 0 Å². The fourth-order valence-electron chi connectivity index (χ4n) is 2.08. The maximum atomic E-state index is 12.0. The molecule has 20 heavy (non-hydrogen) atoms. The van der Waals surface area contributed by atoms with E-state index in [1.165, 1.54) is 0 Å². The summed E-state index contributed by atoms with van der Waals surface area (Å²) in [4.78, 5) is 12.0. The summed E-state index contributed by atoms with van der Waals surface area (Å²) in [6.07, 6.45) is 0.737. The van der Waals surface area contributed by atoms with Crippen molar-refractivity contribution in [1.82, 2.24) is 5.32 Å². The second kappa shape index (κ2) is 10.1. The van der Waals surface area contributed by atoms with Gasteiger partial charge in [-0.25, -0.2) is 0 Å². The molecule has 5 nitrogen and oxygen atoms in total. The van der Waals surface area contributed by atoms with Crippen LogP contribution in [0.1, 0.15) is 48.0 Å². The van der Waals surface area contributed by atoms with Crippen molar-refractivity contribution in [3.63, 3.8) is 0 Å². The lowest BCUT2D eigenvalue weighted by atomic mass is 9.94. The van der Waals surface area contributed by atoms with Crippen LogP contribution in [0.25, 0.3) is 0 Å². The van der Waals surface area contributed by atoms with Gasteiger partial charge in [0.1, 0.15) is 5.54 Å². The molecule has 120 valence electrons. The number of hydrogen-bond donors (Lipinski definition) is 1. The number of rotatable bonds is 11. The predicted octanol–water partition coefficient (Wildman–Crippen LogP) is 2.14. The lowest BCUT2D eigenvalue weighted by molar-refractivity contribution is -0.152. The van der Waals surface area contributed by atoms with Crippen LogP contribution in [0.5, 0.6) is 0 Å². The van der Waals surface area contributed by atoms with E-state index < -0.39 is 5.54 Å². The molecular weight excluding hydrogens is 258 g/mol. The van der Waals surface area contributed by atoms with Gasteiger partial charge in [0, 0.05) is 6.42 Å². The van der Waals surface area contributed by atoms with Crippen molar-refractivity contribution in [2.75, 3.05) is 26.4 Å². The number of carbonyl (C=O) groups excluding carboxylic acids is 1. The second-order valence-electron chi connectivity index (χ2n) is 5.39. The molecule has 0 fully saturated rings. The molecular formula is C15H31NO4. The van der Waals surface area contributed by atoms with Crippen LogP contribution in [0.4, 0.5) is 0 Å². The van der Waals surface area contributed by atoms with Crippen molar-refractivity contribution < 1.29 is 19.0 Å². The molecule has 0 saturated heterocycles. The molecule has 0 aliphatic rings. The summed E-state index contributed by atoms with van der Waals surface area (Å²) < 4.78 is 16.2. The largest absolute Gasteiger partial charge is 0.465 e. The quantitative estimate of drug-likeness (QED) is 0.466. The van der Waals surface area contributed by atoms with Crippen molar-refractivity contribution in [3.05, 3.63) is 0 Å². The minimum atomic E-state index is -0.705. The fraction of sp³-hybridized carbons (Fsp3) is 0.933. The van der Waals surface area contributed by atoms with Gasteiger partial charge in [-0.05, 0) is 41.2 Å². The molecule has 2 unspecified atom stereocenters. The van der Waals surface area contributed by atoms with Crippen LogP contribution < -0.4 is 5.32 Å². The Labute approximate surface area is 123 Å². The van der Waals surface area contributed by atoms with Gasteiger partial charge in [0.15, 0.2) is 0 Å². The molecule has 0 aliphatic heterocycles. The van der Waals surface area contributed by atoms with Crippen molar-refractivity contribution in [2.45, 2.75) is 65.7 Å². The summed E-state index contributed by atoms with van der Waals surface area (Å²) >= 11 is 0. The first kappa shape index (κ1) is 19.4. The first-order valence-electron chi connectivity index (χ1n) is 7.51. The zero-order chi connectivity index (χ0) is 15.6. The Balaban J connectivity index is 4.25. The Hall–Kier alpha value is -0.650. The maximum Gasteiger partial charge on any atom is 0.326 e. The van der Waals surface area contributed by atoms with Crippen molar-refractivity contribution in [1.29, 1.82) is 0 Å². The Bertz CT molecular complexity index is 271. The molecule has 0 radical (unpaired) electrons. The first-order valence-corrected chi connectivity index (χ1v) is 7.51. The van der Waals surface area contributed by atoms with Crippen LogP contribution >= 0.6 is 0 Å². The van der Waals surface area contributed by atoms with Crippen LogP contribution in [0, 0.1) is 0 Å². The molecule has 0 rings (SSSR count). The highest BCUT2D eigenvalue weighted by molar-refractivity contribution is 5.80. The van der Waals surface area contributed by atoms with E-state index in [0.29, 0.717) is 32.8 Å². The fourth-order valence-corrected chi connectivity index (χ4v) is 2.08. The maximum absolute atomic E-state index is 12.0. The van der Waals surface area contributed by atoms with Gasteiger partial charge < -0.3 is 19.5 Å². The van der Waals surface area contributed by atoms with Crippen LogP contribution in [0.2, 0.25) is 0 Å². The van der Waals surface area contributed by atoms with Crippen molar-refractivity contribution in [3.8, 4) is 0 Å². The van der Waals surface area contributed by atoms with Crippen molar-refractivity contribution >= 4 is 5.97 Å². The van der Waals surface area contributed by atoms with E-state index in [9.17, 15) is 4.79 Å². The van der Waals surface area contributed by atoms with E-state index >= 15 is 0 Å². The molecule has 0 aromatic carbocycles. The third kappa shape index (κ3) is 7.82. The highest BCUT2D eigenvalue weighted by atomic mass is 16.5. The second-order valence-corrected chi connectivity index (χ2v) is 5.39. The minimum absolute atomic E-state index is 0.0424. The van der Waals surface area contributed by atoms with Gasteiger partial charge in [-0.1, -0.05) is 6.92 Å². The monoisotopic (exact) mass is 289 g/mol. The summed E-state index contributed by atoms with van der Waals surface area (Å²) in [7, 11) is 0. The number of nitrogens with one attached hydrogen (secondary N) is 1. The Morgan fingerprint density at radius 1 is 1.15 bits per heavy atom. The van der Waals surface area contributed by atoms with Crippen LogP contribution in [0.3, 0.4) is 0 Å². The molecule has 1 N–H and O–H groups in total. The number of ether oxygens (including phenoxy) is 3.